The number of hydrogen-bond donors (Lipinski definition) is 2. The summed E-state index contributed by atoms with van der Waals surface area (Å²) in [6.07, 6.45) is -3.88. The van der Waals surface area contributed by atoms with Crippen molar-refractivity contribution in [3.63, 3.8) is 0 Å². The Morgan fingerprint density at radius 3 is 2.39 bits per heavy atom. The molecule has 5 nitrogen and oxygen atoms in total. The molecule has 0 aliphatic carbocycles. The van der Waals surface area contributed by atoms with Gasteiger partial charge in [0.2, 0.25) is 0 Å². The van der Waals surface area contributed by atoms with Crippen molar-refractivity contribution < 1.29 is 27.9 Å². The summed E-state index contributed by atoms with van der Waals surface area (Å²) in [5.41, 5.74) is 1.57. The van der Waals surface area contributed by atoms with E-state index in [-0.39, 0.29) is 0 Å². The Morgan fingerprint density at radius 1 is 1.14 bits per heavy atom. The molecule has 2 N–H and O–H groups in total. The molecule has 1 unspecified atom stereocenters. The Morgan fingerprint density at radius 2 is 1.79 bits per heavy atom. The molecule has 0 saturated carbocycles. The second-order valence-corrected chi connectivity index (χ2v) is 6.67. The summed E-state index contributed by atoms with van der Waals surface area (Å²) in [5, 5.41) is 11.5. The van der Waals surface area contributed by atoms with Gasteiger partial charge in [0, 0.05) is 6.54 Å². The van der Waals surface area contributed by atoms with Crippen molar-refractivity contribution in [2.75, 3.05) is 6.54 Å². The zero-order valence-corrected chi connectivity index (χ0v) is 15.0. The molecular weight excluding hydrogens is 373 g/mol. The van der Waals surface area contributed by atoms with E-state index in [9.17, 15) is 22.8 Å². The highest BCUT2D eigenvalue weighted by molar-refractivity contribution is 5.83. The Labute approximate surface area is 159 Å². The number of carboxylic acid groups (broad SMARTS) is 1. The zero-order chi connectivity index (χ0) is 20.5. The van der Waals surface area contributed by atoms with Gasteiger partial charge in [0.15, 0.2) is 0 Å². The molecule has 148 valence electrons. The molecule has 0 radical (unpaired) electrons. The lowest BCUT2D eigenvalue weighted by Crippen LogP contribution is -2.50. The number of carboxylic acids is 1. The molecular formula is C20H19F3N2O3. The molecule has 28 heavy (non-hydrogen) atoms. The first-order chi connectivity index (χ1) is 13.2. The average Bonchev–Trinajstić information content (AvgIpc) is 2.66. The largest absolute Gasteiger partial charge is 0.480 e. The first kappa shape index (κ1) is 19.7. The number of rotatable bonds is 3. The van der Waals surface area contributed by atoms with E-state index in [4.69, 9.17) is 5.11 Å². The van der Waals surface area contributed by atoms with Crippen molar-refractivity contribution in [2.45, 2.75) is 31.6 Å². The van der Waals surface area contributed by atoms with Crippen LogP contribution < -0.4 is 5.32 Å². The van der Waals surface area contributed by atoms with Crippen molar-refractivity contribution in [3.05, 3.63) is 70.8 Å². The van der Waals surface area contributed by atoms with E-state index < -0.39 is 35.8 Å². The van der Waals surface area contributed by atoms with Gasteiger partial charge in [-0.25, -0.2) is 4.79 Å². The van der Waals surface area contributed by atoms with Crippen LogP contribution in [0.4, 0.5) is 18.0 Å². The first-order valence-corrected chi connectivity index (χ1v) is 8.73. The summed E-state index contributed by atoms with van der Waals surface area (Å²) in [7, 11) is 0. The fourth-order valence-corrected chi connectivity index (χ4v) is 3.33. The smallest absolute Gasteiger partial charge is 0.416 e. The van der Waals surface area contributed by atoms with Crippen LogP contribution in [0, 0.1) is 0 Å². The highest BCUT2D eigenvalue weighted by Crippen LogP contribution is 2.37. The zero-order valence-electron chi connectivity index (χ0n) is 15.0. The minimum atomic E-state index is -4.45. The molecule has 2 atom stereocenters. The number of amides is 2. The molecule has 0 spiro atoms. The molecule has 2 aromatic carbocycles. The van der Waals surface area contributed by atoms with Gasteiger partial charge in [0.05, 0.1) is 11.6 Å². The lowest BCUT2D eigenvalue weighted by Gasteiger charge is -2.38. The summed E-state index contributed by atoms with van der Waals surface area (Å²) in [5.74, 6) is -1.17. The minimum absolute atomic E-state index is 0.320. The summed E-state index contributed by atoms with van der Waals surface area (Å²) < 4.78 is 38.7. The summed E-state index contributed by atoms with van der Waals surface area (Å²) >= 11 is 0. The molecule has 0 aromatic heterocycles. The third-order valence-corrected chi connectivity index (χ3v) is 4.81. The number of benzene rings is 2. The van der Waals surface area contributed by atoms with Gasteiger partial charge in [0.1, 0.15) is 6.04 Å². The van der Waals surface area contributed by atoms with Crippen LogP contribution >= 0.6 is 0 Å². The number of nitrogens with zero attached hydrogens (tertiary/aromatic N) is 1. The van der Waals surface area contributed by atoms with Gasteiger partial charge in [0.25, 0.3) is 0 Å². The van der Waals surface area contributed by atoms with Gasteiger partial charge < -0.3 is 15.3 Å². The molecule has 2 aromatic rings. The fraction of sp³-hybridized carbons (Fsp3) is 0.300. The normalized spacial score (nSPS) is 17.6. The topological polar surface area (TPSA) is 69.6 Å². The summed E-state index contributed by atoms with van der Waals surface area (Å²) in [6, 6.07) is 9.85. The first-order valence-electron chi connectivity index (χ1n) is 8.73. The number of alkyl halides is 3. The van der Waals surface area contributed by atoms with Gasteiger partial charge in [-0.15, -0.1) is 0 Å². The van der Waals surface area contributed by atoms with Crippen LogP contribution in [-0.4, -0.2) is 34.6 Å². The molecule has 1 heterocycles. The van der Waals surface area contributed by atoms with Crippen molar-refractivity contribution in [1.29, 1.82) is 0 Å². The standard InChI is InChI=1S/C20H19F3N2O3/c1-12(18(26)27)24-19(28)25-11-10-13-4-2-3-5-16(13)17(25)14-6-8-15(9-7-14)20(21,22)23/h2-9,12,17H,10-11H2,1H3,(H,24,28)(H,26,27)/t12?,17-/m1/s1. The Balaban J connectivity index is 1.99. The predicted octanol–water partition coefficient (Wildman–Crippen LogP) is 3.84. The van der Waals surface area contributed by atoms with Crippen LogP contribution in [0.3, 0.4) is 0 Å². The van der Waals surface area contributed by atoms with Crippen molar-refractivity contribution in [2.24, 2.45) is 0 Å². The van der Waals surface area contributed by atoms with Crippen molar-refractivity contribution in [1.82, 2.24) is 10.2 Å². The van der Waals surface area contributed by atoms with E-state index >= 15 is 0 Å². The van der Waals surface area contributed by atoms with Gasteiger partial charge in [-0.3, -0.25) is 4.79 Å². The molecule has 0 fully saturated rings. The van der Waals surface area contributed by atoms with E-state index in [0.717, 1.165) is 23.3 Å². The van der Waals surface area contributed by atoms with E-state index in [0.29, 0.717) is 18.5 Å². The van der Waals surface area contributed by atoms with Crippen molar-refractivity contribution in [3.8, 4) is 0 Å². The van der Waals surface area contributed by atoms with Crippen LogP contribution in [0.1, 0.15) is 35.2 Å². The number of nitrogens with one attached hydrogen (secondary N) is 1. The van der Waals surface area contributed by atoms with Gasteiger partial charge >= 0.3 is 18.2 Å². The summed E-state index contributed by atoms with van der Waals surface area (Å²) in [4.78, 5) is 25.2. The quantitative estimate of drug-likeness (QED) is 0.834. The summed E-state index contributed by atoms with van der Waals surface area (Å²) in [6.45, 7) is 1.67. The van der Waals surface area contributed by atoms with Gasteiger partial charge in [-0.1, -0.05) is 36.4 Å². The van der Waals surface area contributed by atoms with E-state index in [1.54, 1.807) is 6.07 Å². The number of halogens is 3. The second kappa shape index (κ2) is 7.53. The van der Waals surface area contributed by atoms with Crippen LogP contribution in [0.2, 0.25) is 0 Å². The minimum Gasteiger partial charge on any atom is -0.480 e. The van der Waals surface area contributed by atoms with Crippen molar-refractivity contribution >= 4 is 12.0 Å². The van der Waals surface area contributed by atoms with Crippen LogP contribution in [0.25, 0.3) is 0 Å². The van der Waals surface area contributed by atoms with E-state index in [1.165, 1.54) is 24.0 Å². The lowest BCUT2D eigenvalue weighted by atomic mass is 9.88. The second-order valence-electron chi connectivity index (χ2n) is 6.67. The predicted molar refractivity (Wildman–Crippen MR) is 95.8 cm³/mol. The van der Waals surface area contributed by atoms with E-state index in [2.05, 4.69) is 5.32 Å². The van der Waals surface area contributed by atoms with Crippen LogP contribution in [0.5, 0.6) is 0 Å². The molecule has 0 saturated heterocycles. The SMILES string of the molecule is CC(NC(=O)N1CCc2ccccc2[C@H]1c1ccc(C(F)(F)F)cc1)C(=O)O. The van der Waals surface area contributed by atoms with Gasteiger partial charge in [-0.2, -0.15) is 13.2 Å². The Bertz CT molecular complexity index is 881. The highest BCUT2D eigenvalue weighted by Gasteiger charge is 2.34. The van der Waals surface area contributed by atoms with Crippen LogP contribution in [0.15, 0.2) is 48.5 Å². The third-order valence-electron chi connectivity index (χ3n) is 4.81. The maximum atomic E-state index is 12.9. The monoisotopic (exact) mass is 392 g/mol. The number of fused-ring (bicyclic) bond motifs is 1. The van der Waals surface area contributed by atoms with Gasteiger partial charge in [-0.05, 0) is 42.2 Å². The molecule has 2 amide bonds. The maximum Gasteiger partial charge on any atom is 0.416 e. The van der Waals surface area contributed by atoms with E-state index in [1.807, 2.05) is 18.2 Å². The number of carbonyl (C=O) groups excluding carboxylic acids is 1. The average molecular weight is 392 g/mol. The molecule has 0 bridgehead atoms. The Kier molecular flexibility index (Phi) is 5.31. The molecule has 1 aliphatic heterocycles. The Hall–Kier alpha value is -3.03. The molecule has 8 heteroatoms. The number of carbonyl (C=O) groups is 2. The fourth-order valence-electron chi connectivity index (χ4n) is 3.33. The lowest BCUT2D eigenvalue weighted by molar-refractivity contribution is -0.139. The molecule has 1 aliphatic rings. The highest BCUT2D eigenvalue weighted by atomic mass is 19.4. The number of aliphatic carboxylic acids is 1. The van der Waals surface area contributed by atoms with Crippen LogP contribution in [-0.2, 0) is 17.4 Å². The maximum absolute atomic E-state index is 12.9. The molecule has 3 rings (SSSR count). The number of hydrogen-bond acceptors (Lipinski definition) is 2. The third kappa shape index (κ3) is 3.95. The number of urea groups is 1.